The number of carbonyl (C=O) groups is 3. The van der Waals surface area contributed by atoms with Gasteiger partial charge >= 0.3 is 6.03 Å². The normalized spacial score (nSPS) is 19.1. The molecule has 2 fully saturated rings. The molecule has 0 bridgehead atoms. The molecule has 150 valence electrons. The molecule has 2 saturated heterocycles. The van der Waals surface area contributed by atoms with E-state index < -0.39 is 17.8 Å². The first-order chi connectivity index (χ1) is 13.9. The van der Waals surface area contributed by atoms with E-state index in [4.69, 9.17) is 9.15 Å². The van der Waals surface area contributed by atoms with Crippen molar-refractivity contribution in [1.82, 2.24) is 5.32 Å². The topological polar surface area (TPSA) is 92.1 Å². The van der Waals surface area contributed by atoms with Gasteiger partial charge in [-0.3, -0.25) is 14.9 Å². The van der Waals surface area contributed by atoms with E-state index in [1.54, 1.807) is 30.3 Å². The number of furan rings is 1. The van der Waals surface area contributed by atoms with Crippen LogP contribution in [0.4, 0.5) is 16.4 Å². The number of morpholine rings is 1. The van der Waals surface area contributed by atoms with Gasteiger partial charge < -0.3 is 14.1 Å². The fourth-order valence-corrected chi connectivity index (χ4v) is 3.88. The van der Waals surface area contributed by atoms with Gasteiger partial charge in [-0.1, -0.05) is 15.9 Å². The molecule has 2 aliphatic heterocycles. The van der Waals surface area contributed by atoms with Gasteiger partial charge in [0.15, 0.2) is 0 Å². The number of nitrogens with one attached hydrogen (secondary N) is 1. The van der Waals surface area contributed by atoms with Gasteiger partial charge in [0.1, 0.15) is 11.3 Å². The van der Waals surface area contributed by atoms with Crippen LogP contribution in [0, 0.1) is 0 Å². The Morgan fingerprint density at radius 2 is 1.72 bits per heavy atom. The molecular weight excluding hydrogens is 510 g/mol. The summed E-state index contributed by atoms with van der Waals surface area (Å²) in [5.41, 5.74) is 0.158. The smallest absolute Gasteiger partial charge is 0.335 e. The molecule has 0 radical (unpaired) electrons. The summed E-state index contributed by atoms with van der Waals surface area (Å²) < 4.78 is 12.7. The Labute approximate surface area is 182 Å². The number of amides is 4. The quantitative estimate of drug-likeness (QED) is 0.489. The molecule has 0 spiro atoms. The van der Waals surface area contributed by atoms with Gasteiger partial charge in [-0.15, -0.1) is 0 Å². The molecule has 0 saturated carbocycles. The molecule has 2 aliphatic rings. The highest BCUT2D eigenvalue weighted by molar-refractivity contribution is 9.10. The lowest BCUT2D eigenvalue weighted by Gasteiger charge is -2.26. The molecule has 1 aromatic carbocycles. The third kappa shape index (κ3) is 4.00. The summed E-state index contributed by atoms with van der Waals surface area (Å²) >= 11 is 6.76. The lowest BCUT2D eigenvalue weighted by Crippen LogP contribution is -2.54. The van der Waals surface area contributed by atoms with E-state index in [0.717, 1.165) is 9.37 Å². The molecule has 0 atom stereocenters. The van der Waals surface area contributed by atoms with Crippen molar-refractivity contribution in [3.8, 4) is 0 Å². The highest BCUT2D eigenvalue weighted by atomic mass is 79.9. The molecule has 1 aromatic heterocycles. The second kappa shape index (κ2) is 8.13. The highest BCUT2D eigenvalue weighted by Gasteiger charge is 2.37. The van der Waals surface area contributed by atoms with Crippen molar-refractivity contribution in [1.29, 1.82) is 0 Å². The molecule has 10 heteroatoms. The largest absolute Gasteiger partial charge is 0.440 e. The summed E-state index contributed by atoms with van der Waals surface area (Å²) in [5, 5.41) is 2.19. The van der Waals surface area contributed by atoms with E-state index in [2.05, 4.69) is 37.2 Å². The number of nitrogens with zero attached hydrogens (tertiary/aromatic N) is 2. The number of rotatable bonds is 3. The van der Waals surface area contributed by atoms with Crippen LogP contribution in [-0.2, 0) is 14.3 Å². The zero-order valence-electron chi connectivity index (χ0n) is 15.0. The maximum atomic E-state index is 12.9. The first-order valence-corrected chi connectivity index (χ1v) is 10.3. The Kier molecular flexibility index (Phi) is 5.57. The second-order valence-electron chi connectivity index (χ2n) is 6.34. The third-order valence-corrected chi connectivity index (χ3v) is 5.56. The minimum Gasteiger partial charge on any atom is -0.440 e. The molecular formula is C19H15Br2N3O5. The van der Waals surface area contributed by atoms with Gasteiger partial charge in [0.2, 0.25) is 5.88 Å². The average molecular weight is 525 g/mol. The first-order valence-electron chi connectivity index (χ1n) is 8.73. The van der Waals surface area contributed by atoms with Crippen LogP contribution in [-0.4, -0.2) is 44.1 Å². The van der Waals surface area contributed by atoms with Crippen LogP contribution in [0.1, 0.15) is 5.76 Å². The maximum Gasteiger partial charge on any atom is 0.335 e. The summed E-state index contributed by atoms with van der Waals surface area (Å²) in [6.45, 7) is 2.53. The number of barbiturate groups is 1. The fourth-order valence-electron chi connectivity index (χ4n) is 3.05. The van der Waals surface area contributed by atoms with Gasteiger partial charge in [0, 0.05) is 23.6 Å². The number of halogens is 2. The minimum absolute atomic E-state index is 0.192. The molecule has 8 nitrogen and oxygen atoms in total. The highest BCUT2D eigenvalue weighted by Crippen LogP contribution is 2.32. The summed E-state index contributed by atoms with van der Waals surface area (Å²) in [6, 6.07) is 7.50. The molecule has 29 heavy (non-hydrogen) atoms. The number of hydrogen-bond donors (Lipinski definition) is 1. The van der Waals surface area contributed by atoms with Crippen LogP contribution in [0.2, 0.25) is 0 Å². The predicted molar refractivity (Wildman–Crippen MR) is 113 cm³/mol. The number of urea groups is 1. The number of imide groups is 2. The van der Waals surface area contributed by atoms with Crippen molar-refractivity contribution in [3.05, 3.63) is 50.6 Å². The van der Waals surface area contributed by atoms with Crippen LogP contribution in [0.15, 0.2) is 49.3 Å². The molecule has 4 rings (SSSR count). The number of ether oxygens (including phenoxy) is 1. The van der Waals surface area contributed by atoms with Gasteiger partial charge in [0.25, 0.3) is 11.8 Å². The molecule has 0 unspecified atom stereocenters. The molecule has 2 aromatic rings. The van der Waals surface area contributed by atoms with Crippen LogP contribution in [0.5, 0.6) is 0 Å². The van der Waals surface area contributed by atoms with Crippen LogP contribution in [0.25, 0.3) is 6.08 Å². The second-order valence-corrected chi connectivity index (χ2v) is 8.11. The number of carbonyl (C=O) groups excluding carboxylic acids is 3. The van der Waals surface area contributed by atoms with Crippen LogP contribution < -0.4 is 15.1 Å². The van der Waals surface area contributed by atoms with E-state index in [0.29, 0.717) is 48.1 Å². The van der Waals surface area contributed by atoms with Crippen molar-refractivity contribution in [2.75, 3.05) is 36.1 Å². The number of benzene rings is 1. The third-order valence-electron chi connectivity index (χ3n) is 4.46. The average Bonchev–Trinajstić information content (AvgIpc) is 3.07. The van der Waals surface area contributed by atoms with Crippen molar-refractivity contribution in [2.24, 2.45) is 0 Å². The zero-order chi connectivity index (χ0) is 20.5. The Morgan fingerprint density at radius 3 is 2.41 bits per heavy atom. The van der Waals surface area contributed by atoms with Crippen molar-refractivity contribution < 1.29 is 23.5 Å². The van der Waals surface area contributed by atoms with Gasteiger partial charge in [-0.2, -0.15) is 0 Å². The summed E-state index contributed by atoms with van der Waals surface area (Å²) in [7, 11) is 0. The van der Waals surface area contributed by atoms with E-state index in [1.807, 2.05) is 4.90 Å². The van der Waals surface area contributed by atoms with Crippen LogP contribution in [0.3, 0.4) is 0 Å². The Hall–Kier alpha value is -2.43. The van der Waals surface area contributed by atoms with Gasteiger partial charge in [-0.05, 0) is 46.3 Å². The summed E-state index contributed by atoms with van der Waals surface area (Å²) in [6.07, 6.45) is 1.34. The summed E-state index contributed by atoms with van der Waals surface area (Å²) in [5.74, 6) is -0.568. The SMILES string of the molecule is O=C1NC(=O)N(c2ccc(Br)cc2)C(=O)/C1=C/c1cc(Br)c(N2CCOCC2)o1. The standard InChI is InChI=1S/C19H15Br2N3O5/c20-11-1-3-12(4-2-11)24-17(26)14(16(25)22-19(24)27)9-13-10-15(21)18(29-13)23-5-7-28-8-6-23/h1-4,9-10H,5-8H2,(H,22,25,27)/b14-9+. The first kappa shape index (κ1) is 19.9. The lowest BCUT2D eigenvalue weighted by molar-refractivity contribution is -0.122. The molecule has 3 heterocycles. The van der Waals surface area contributed by atoms with E-state index in [-0.39, 0.29) is 5.57 Å². The lowest BCUT2D eigenvalue weighted by atomic mass is 10.1. The molecule has 4 amide bonds. The number of anilines is 2. The maximum absolute atomic E-state index is 12.9. The van der Waals surface area contributed by atoms with Gasteiger partial charge in [-0.25, -0.2) is 9.69 Å². The molecule has 0 aliphatic carbocycles. The van der Waals surface area contributed by atoms with E-state index >= 15 is 0 Å². The van der Waals surface area contributed by atoms with Crippen LogP contribution >= 0.6 is 31.9 Å². The Morgan fingerprint density at radius 1 is 1.03 bits per heavy atom. The predicted octanol–water partition coefficient (Wildman–Crippen LogP) is 3.31. The monoisotopic (exact) mass is 523 g/mol. The van der Waals surface area contributed by atoms with Crippen molar-refractivity contribution in [2.45, 2.75) is 0 Å². The Balaban J connectivity index is 1.65. The molecule has 1 N–H and O–H groups in total. The number of hydrogen-bond acceptors (Lipinski definition) is 6. The zero-order valence-corrected chi connectivity index (χ0v) is 18.2. The van der Waals surface area contributed by atoms with Crippen molar-refractivity contribution in [3.63, 3.8) is 0 Å². The van der Waals surface area contributed by atoms with Crippen molar-refractivity contribution >= 4 is 67.4 Å². The Bertz CT molecular complexity index is 1010. The summed E-state index contributed by atoms with van der Waals surface area (Å²) in [4.78, 5) is 40.4. The van der Waals surface area contributed by atoms with E-state index in [1.165, 1.54) is 6.08 Å². The fraction of sp³-hybridized carbons (Fsp3) is 0.211. The minimum atomic E-state index is -0.797. The van der Waals surface area contributed by atoms with E-state index in [9.17, 15) is 14.4 Å². The van der Waals surface area contributed by atoms with Gasteiger partial charge in [0.05, 0.1) is 23.4 Å².